The van der Waals surface area contributed by atoms with Gasteiger partial charge in [0, 0.05) is 32.3 Å². The molecule has 0 aliphatic heterocycles. The first-order valence-electron chi connectivity index (χ1n) is 11.2. The van der Waals surface area contributed by atoms with Gasteiger partial charge in [-0.25, -0.2) is 23.1 Å². The van der Waals surface area contributed by atoms with Crippen LogP contribution in [0.5, 0.6) is 0 Å². The number of aryl methyl sites for hydroxylation is 3. The number of pyridine rings is 1. The molecule has 0 amide bonds. The molecule has 3 N–H and O–H groups in total. The molecule has 3 aromatic rings. The molecule has 9 heteroatoms. The Kier molecular flexibility index (Phi) is 7.07. The zero-order valence-corrected chi connectivity index (χ0v) is 19.3. The third kappa shape index (κ3) is 4.79. The van der Waals surface area contributed by atoms with E-state index in [0.29, 0.717) is 25.4 Å². The maximum atomic E-state index is 12.4. The van der Waals surface area contributed by atoms with Gasteiger partial charge in [0.25, 0.3) is 0 Å². The summed E-state index contributed by atoms with van der Waals surface area (Å²) in [7, 11) is -1.79. The predicted molar refractivity (Wildman–Crippen MR) is 125 cm³/mol. The lowest BCUT2D eigenvalue weighted by molar-refractivity contribution is 0.199. The van der Waals surface area contributed by atoms with E-state index in [9.17, 15) is 8.42 Å². The van der Waals surface area contributed by atoms with Gasteiger partial charge in [-0.15, -0.1) is 0 Å². The number of nitrogens with one attached hydrogen (secondary N) is 1. The highest BCUT2D eigenvalue weighted by molar-refractivity contribution is 7.89. The number of rotatable bonds is 10. The van der Waals surface area contributed by atoms with Gasteiger partial charge in [0.05, 0.1) is 17.0 Å². The molecule has 0 spiro atoms. The van der Waals surface area contributed by atoms with E-state index >= 15 is 0 Å². The topological polar surface area (TPSA) is 112 Å². The summed E-state index contributed by atoms with van der Waals surface area (Å²) in [6.45, 7) is 1.72. The summed E-state index contributed by atoms with van der Waals surface area (Å²) in [4.78, 5) is 9.74. The number of nitrogens with two attached hydrogens (primary N) is 1. The minimum Gasteiger partial charge on any atom is -0.384 e. The minimum atomic E-state index is -3.48. The van der Waals surface area contributed by atoms with Crippen molar-refractivity contribution >= 4 is 26.9 Å². The van der Waals surface area contributed by atoms with Gasteiger partial charge in [0.15, 0.2) is 5.82 Å². The maximum absolute atomic E-state index is 12.4. The van der Waals surface area contributed by atoms with Crippen LogP contribution in [0.2, 0.25) is 0 Å². The highest BCUT2D eigenvalue weighted by Crippen LogP contribution is 2.32. The van der Waals surface area contributed by atoms with Crippen LogP contribution in [0.4, 0.5) is 5.82 Å². The van der Waals surface area contributed by atoms with Gasteiger partial charge in [-0.05, 0) is 56.2 Å². The van der Waals surface area contributed by atoms with Crippen molar-refractivity contribution in [1.82, 2.24) is 19.3 Å². The molecule has 8 nitrogen and oxygen atoms in total. The zero-order valence-electron chi connectivity index (χ0n) is 18.5. The van der Waals surface area contributed by atoms with Crippen LogP contribution < -0.4 is 10.5 Å². The van der Waals surface area contributed by atoms with Gasteiger partial charge in [0.1, 0.15) is 11.3 Å². The second-order valence-corrected chi connectivity index (χ2v) is 9.93. The average Bonchev–Trinajstić information content (AvgIpc) is 3.17. The molecule has 32 heavy (non-hydrogen) atoms. The molecule has 172 valence electrons. The van der Waals surface area contributed by atoms with Crippen LogP contribution in [0.15, 0.2) is 35.2 Å². The summed E-state index contributed by atoms with van der Waals surface area (Å²) in [5.41, 5.74) is 10.5. The standard InChI is InChI=1S/C23H31N5O3S/c1-31-16-13-20-27-21-22(18-11-5-6-12-19(18)26-23(21)24)28(20)15-8-7-14-25-32(29,30)17-9-3-2-4-10-17/h2-4,9-10,25H,5-8,11-16H2,1H3,(H2,24,26). The zero-order chi connectivity index (χ0) is 22.6. The van der Waals surface area contributed by atoms with Crippen molar-refractivity contribution in [3.05, 3.63) is 47.4 Å². The van der Waals surface area contributed by atoms with Gasteiger partial charge in [-0.3, -0.25) is 0 Å². The lowest BCUT2D eigenvalue weighted by Crippen LogP contribution is -2.25. The average molecular weight is 458 g/mol. The molecule has 1 aromatic carbocycles. The highest BCUT2D eigenvalue weighted by atomic mass is 32.2. The SMILES string of the molecule is COCCc1nc2c(N)nc3c(c2n1CCCCNS(=O)(=O)c1ccccc1)CCCC3. The van der Waals surface area contributed by atoms with Crippen molar-refractivity contribution in [2.75, 3.05) is 26.0 Å². The van der Waals surface area contributed by atoms with Crippen LogP contribution in [0.25, 0.3) is 11.0 Å². The number of nitrogens with zero attached hydrogens (tertiary/aromatic N) is 3. The fraction of sp³-hybridized carbons (Fsp3) is 0.478. The number of anilines is 1. The van der Waals surface area contributed by atoms with E-state index in [0.717, 1.165) is 67.6 Å². The van der Waals surface area contributed by atoms with E-state index in [1.807, 2.05) is 0 Å². The summed E-state index contributed by atoms with van der Waals surface area (Å²) >= 11 is 0. The van der Waals surface area contributed by atoms with E-state index in [1.54, 1.807) is 37.4 Å². The maximum Gasteiger partial charge on any atom is 0.240 e. The molecule has 4 rings (SSSR count). The Bertz CT molecular complexity index is 1180. The molecule has 1 aliphatic carbocycles. The normalized spacial score (nSPS) is 14.0. The second-order valence-electron chi connectivity index (χ2n) is 8.17. The number of methoxy groups -OCH3 is 1. The number of ether oxygens (including phenoxy) is 1. The van der Waals surface area contributed by atoms with E-state index in [2.05, 4.69) is 14.3 Å². The number of aromatic nitrogens is 3. The van der Waals surface area contributed by atoms with Crippen LogP contribution in [0.3, 0.4) is 0 Å². The monoisotopic (exact) mass is 457 g/mol. The molecular weight excluding hydrogens is 426 g/mol. The number of unbranched alkanes of at least 4 members (excludes halogenated alkanes) is 1. The predicted octanol–water partition coefficient (Wildman–Crippen LogP) is 2.84. The van der Waals surface area contributed by atoms with Gasteiger partial charge >= 0.3 is 0 Å². The summed E-state index contributed by atoms with van der Waals surface area (Å²) in [6, 6.07) is 8.45. The molecule has 0 radical (unpaired) electrons. The summed E-state index contributed by atoms with van der Waals surface area (Å²) in [5.74, 6) is 1.44. The van der Waals surface area contributed by atoms with Gasteiger partial charge in [0.2, 0.25) is 10.0 Å². The Balaban J connectivity index is 1.50. The first kappa shape index (κ1) is 22.7. The number of hydrogen-bond donors (Lipinski definition) is 2. The molecule has 2 aromatic heterocycles. The summed E-state index contributed by atoms with van der Waals surface area (Å²) < 4.78 is 35.1. The number of hydrogen-bond acceptors (Lipinski definition) is 6. The smallest absolute Gasteiger partial charge is 0.240 e. The molecule has 0 saturated carbocycles. The summed E-state index contributed by atoms with van der Waals surface area (Å²) in [5, 5.41) is 0. The number of sulfonamides is 1. The van der Waals surface area contributed by atoms with Crippen molar-refractivity contribution in [1.29, 1.82) is 0 Å². The number of imidazole rings is 1. The number of fused-ring (bicyclic) bond motifs is 3. The van der Waals surface area contributed by atoms with Crippen molar-refractivity contribution in [3.63, 3.8) is 0 Å². The van der Waals surface area contributed by atoms with E-state index < -0.39 is 10.0 Å². The number of benzene rings is 1. The van der Waals surface area contributed by atoms with Crippen molar-refractivity contribution < 1.29 is 13.2 Å². The Morgan fingerprint density at radius 2 is 1.91 bits per heavy atom. The molecular formula is C23H31N5O3S. The molecule has 0 saturated heterocycles. The van der Waals surface area contributed by atoms with Crippen molar-refractivity contribution in [2.45, 2.75) is 56.4 Å². The fourth-order valence-corrected chi connectivity index (χ4v) is 5.45. The third-order valence-corrected chi connectivity index (χ3v) is 7.43. The second kappa shape index (κ2) is 9.97. The largest absolute Gasteiger partial charge is 0.384 e. The van der Waals surface area contributed by atoms with E-state index in [1.165, 1.54) is 5.56 Å². The first-order valence-corrected chi connectivity index (χ1v) is 12.7. The molecule has 1 aliphatic rings. The number of nitrogen functional groups attached to an aromatic ring is 1. The van der Waals surface area contributed by atoms with Gasteiger partial charge in [-0.2, -0.15) is 0 Å². The van der Waals surface area contributed by atoms with Crippen molar-refractivity contribution in [2.24, 2.45) is 0 Å². The lowest BCUT2D eigenvalue weighted by Gasteiger charge is -2.18. The van der Waals surface area contributed by atoms with Crippen LogP contribution in [0, 0.1) is 0 Å². The van der Waals surface area contributed by atoms with Gasteiger partial charge in [-0.1, -0.05) is 18.2 Å². The van der Waals surface area contributed by atoms with Crippen LogP contribution >= 0.6 is 0 Å². The van der Waals surface area contributed by atoms with Gasteiger partial charge < -0.3 is 15.0 Å². The Labute approximate surface area is 189 Å². The quantitative estimate of drug-likeness (QED) is 0.453. The summed E-state index contributed by atoms with van der Waals surface area (Å²) in [6.07, 6.45) is 6.46. The molecule has 0 fully saturated rings. The molecule has 0 unspecified atom stereocenters. The lowest BCUT2D eigenvalue weighted by atomic mass is 9.95. The fourth-order valence-electron chi connectivity index (χ4n) is 4.36. The first-order chi connectivity index (χ1) is 15.5. The van der Waals surface area contributed by atoms with Crippen molar-refractivity contribution in [3.8, 4) is 0 Å². The van der Waals surface area contributed by atoms with Crippen LogP contribution in [0.1, 0.15) is 42.8 Å². The Morgan fingerprint density at radius 3 is 2.69 bits per heavy atom. The van der Waals surface area contributed by atoms with Crippen LogP contribution in [-0.2, 0) is 40.6 Å². The highest BCUT2D eigenvalue weighted by Gasteiger charge is 2.22. The minimum absolute atomic E-state index is 0.289. The molecule has 0 atom stereocenters. The third-order valence-electron chi connectivity index (χ3n) is 5.95. The Morgan fingerprint density at radius 1 is 1.12 bits per heavy atom. The van der Waals surface area contributed by atoms with Crippen LogP contribution in [-0.4, -0.2) is 43.2 Å². The molecule has 0 bridgehead atoms. The Hall–Kier alpha value is -2.49. The molecule has 2 heterocycles. The van der Waals surface area contributed by atoms with E-state index in [4.69, 9.17) is 15.5 Å². The van der Waals surface area contributed by atoms with E-state index in [-0.39, 0.29) is 4.90 Å².